The second-order valence-electron chi connectivity index (χ2n) is 14.4. The lowest BCUT2D eigenvalue weighted by molar-refractivity contribution is 0.0622. The molecule has 2 amide bonds. The van der Waals surface area contributed by atoms with Crippen molar-refractivity contribution in [2.24, 2.45) is 16.1 Å². The Morgan fingerprint density at radius 2 is 1.25 bits per heavy atom. The molecule has 12 nitrogen and oxygen atoms in total. The van der Waals surface area contributed by atoms with E-state index in [1.807, 2.05) is 67.6 Å². The predicted molar refractivity (Wildman–Crippen MR) is 223 cm³/mol. The number of nitrogens with zero attached hydrogens (tertiary/aromatic N) is 5. The minimum absolute atomic E-state index is 0.0626. The quantitative estimate of drug-likeness (QED) is 0.0652. The van der Waals surface area contributed by atoms with Crippen molar-refractivity contribution in [3.05, 3.63) is 155 Å². The number of H-pyrrole nitrogens is 1. The number of hydrogen-bond acceptors (Lipinski definition) is 10. The Balaban J connectivity index is 1.04. The van der Waals surface area contributed by atoms with Crippen molar-refractivity contribution in [1.82, 2.24) is 20.1 Å². The highest BCUT2D eigenvalue weighted by atomic mass is 16.5. The molecule has 0 aliphatic carbocycles. The number of benzene rings is 5. The zero-order valence-electron chi connectivity index (χ0n) is 32.6. The summed E-state index contributed by atoms with van der Waals surface area (Å²) in [4.78, 5) is 61.4. The minimum Gasteiger partial charge on any atom is -0.422 e. The van der Waals surface area contributed by atoms with Gasteiger partial charge >= 0.3 is 11.9 Å². The molecule has 1 atom stereocenters. The smallest absolute Gasteiger partial charge is 0.343 e. The summed E-state index contributed by atoms with van der Waals surface area (Å²) in [7, 11) is 0. The van der Waals surface area contributed by atoms with E-state index in [0.717, 1.165) is 53.8 Å². The zero-order valence-corrected chi connectivity index (χ0v) is 32.6. The number of fused-ring (bicyclic) bond motifs is 1. The van der Waals surface area contributed by atoms with Gasteiger partial charge in [-0.1, -0.05) is 118 Å². The van der Waals surface area contributed by atoms with Crippen molar-refractivity contribution in [3.63, 3.8) is 0 Å². The van der Waals surface area contributed by atoms with E-state index in [2.05, 4.69) is 32.3 Å². The summed E-state index contributed by atoms with van der Waals surface area (Å²) in [5.74, 6) is -1.96. The first kappa shape index (κ1) is 38.5. The highest BCUT2D eigenvalue weighted by Gasteiger charge is 2.42. The molecule has 2 aliphatic heterocycles. The maximum absolute atomic E-state index is 14.1. The molecule has 8 rings (SSSR count). The molecule has 1 aromatic heterocycles. The maximum atomic E-state index is 14.1. The molecule has 0 radical (unpaired) electrons. The number of esters is 2. The number of unbranched alkanes of at least 4 members (excludes halogenated alkanes) is 1. The normalized spacial score (nSPS) is 13.8. The Bertz CT molecular complexity index is 2620. The summed E-state index contributed by atoms with van der Waals surface area (Å²) < 4.78 is 11.7. The van der Waals surface area contributed by atoms with Crippen LogP contribution in [0.3, 0.4) is 0 Å². The third kappa shape index (κ3) is 8.10. The SMILES string of the molecule is CCCCC(CC)CN1C(=O)c2c(OC(=O)c3ccc(C4=NN=C(c5ccccc5)C4)cc3)ccc(OC(=O)c3cccc(-c4nc(-c5ccccc5)n[nH]4)c3)c2C1=O. The molecule has 1 N–H and O–H groups in total. The van der Waals surface area contributed by atoms with E-state index in [1.165, 1.54) is 17.0 Å². The molecule has 0 fully saturated rings. The number of carbonyl (C=O) groups is 4. The highest BCUT2D eigenvalue weighted by Crippen LogP contribution is 2.39. The van der Waals surface area contributed by atoms with Crippen molar-refractivity contribution in [1.29, 1.82) is 0 Å². The van der Waals surface area contributed by atoms with E-state index in [0.29, 0.717) is 23.6 Å². The van der Waals surface area contributed by atoms with Gasteiger partial charge in [-0.3, -0.25) is 19.6 Å². The number of rotatable bonds is 14. The first-order chi connectivity index (χ1) is 28.8. The van der Waals surface area contributed by atoms with Crippen LogP contribution in [0, 0.1) is 5.92 Å². The van der Waals surface area contributed by atoms with Crippen LogP contribution in [0.2, 0.25) is 0 Å². The molecule has 0 bridgehead atoms. The van der Waals surface area contributed by atoms with Crippen LogP contribution in [0.5, 0.6) is 11.5 Å². The standard InChI is InChI=1S/C47H40N6O6/c1-3-5-13-29(4-2)28-53-44(54)40-38(58-46(56)33-22-20-31(21-23-33)37-27-36(49-50-37)30-14-8-6-9-15-30)24-25-39(41(40)45(53)55)59-47(57)35-19-12-18-34(26-35)43-48-42(51-52-43)32-16-10-7-11-17-32/h6-12,14-26,29H,3-5,13,27-28H2,1-2H3,(H,48,51,52). The second kappa shape index (κ2) is 17.0. The first-order valence-corrected chi connectivity index (χ1v) is 19.7. The molecule has 1 unspecified atom stereocenters. The minimum atomic E-state index is -0.761. The second-order valence-corrected chi connectivity index (χ2v) is 14.4. The molecule has 59 heavy (non-hydrogen) atoms. The van der Waals surface area contributed by atoms with Gasteiger partial charge < -0.3 is 9.47 Å². The van der Waals surface area contributed by atoms with Crippen molar-refractivity contribution >= 4 is 35.2 Å². The highest BCUT2D eigenvalue weighted by molar-refractivity contribution is 6.24. The third-order valence-electron chi connectivity index (χ3n) is 10.5. The van der Waals surface area contributed by atoms with E-state index in [4.69, 9.17) is 9.47 Å². The molecule has 6 aromatic rings. The number of carbonyl (C=O) groups excluding carboxylic acids is 4. The molecule has 0 saturated heterocycles. The fraction of sp³-hybridized carbons (Fsp3) is 0.191. The summed E-state index contributed by atoms with van der Waals surface area (Å²) in [5.41, 5.74) is 4.97. The van der Waals surface area contributed by atoms with Gasteiger partial charge in [0, 0.05) is 24.1 Å². The van der Waals surface area contributed by atoms with Gasteiger partial charge in [0.1, 0.15) is 11.5 Å². The Morgan fingerprint density at radius 3 is 1.86 bits per heavy atom. The van der Waals surface area contributed by atoms with Crippen molar-refractivity contribution in [2.45, 2.75) is 46.0 Å². The summed E-state index contributed by atoms with van der Waals surface area (Å²) in [5, 5.41) is 15.9. The zero-order chi connectivity index (χ0) is 40.9. The topological polar surface area (TPSA) is 156 Å². The number of ether oxygens (including phenoxy) is 2. The van der Waals surface area contributed by atoms with Crippen molar-refractivity contribution in [2.75, 3.05) is 6.54 Å². The van der Waals surface area contributed by atoms with E-state index in [9.17, 15) is 19.2 Å². The molecule has 0 spiro atoms. The number of nitrogens with one attached hydrogen (secondary N) is 1. The van der Waals surface area contributed by atoms with Crippen LogP contribution in [-0.2, 0) is 0 Å². The maximum Gasteiger partial charge on any atom is 0.343 e. The van der Waals surface area contributed by atoms with Crippen molar-refractivity contribution < 1.29 is 28.7 Å². The van der Waals surface area contributed by atoms with Gasteiger partial charge in [0.05, 0.1) is 33.7 Å². The van der Waals surface area contributed by atoms with E-state index in [1.54, 1.807) is 48.5 Å². The lowest BCUT2D eigenvalue weighted by Crippen LogP contribution is -2.34. The molecule has 0 saturated carbocycles. The van der Waals surface area contributed by atoms with Crippen LogP contribution < -0.4 is 9.47 Å². The Kier molecular flexibility index (Phi) is 11.1. The number of aromatic amines is 1. The van der Waals surface area contributed by atoms with Gasteiger partial charge in [-0.2, -0.15) is 15.3 Å². The predicted octanol–water partition coefficient (Wildman–Crippen LogP) is 8.99. The van der Waals surface area contributed by atoms with Gasteiger partial charge in [-0.05, 0) is 59.9 Å². The summed E-state index contributed by atoms with van der Waals surface area (Å²) in [6.45, 7) is 4.29. The summed E-state index contributed by atoms with van der Waals surface area (Å²) in [6.07, 6.45) is 4.06. The van der Waals surface area contributed by atoms with Crippen LogP contribution in [0.4, 0.5) is 0 Å². The average Bonchev–Trinajstić information content (AvgIpc) is 4.04. The Labute approximate surface area is 340 Å². The number of imide groups is 1. The number of amides is 2. The lowest BCUT2D eigenvalue weighted by atomic mass is 9.99. The Morgan fingerprint density at radius 1 is 0.678 bits per heavy atom. The molecule has 12 heteroatoms. The summed E-state index contributed by atoms with van der Waals surface area (Å²) >= 11 is 0. The molecular weight excluding hydrogens is 745 g/mol. The average molecular weight is 785 g/mol. The van der Waals surface area contributed by atoms with Crippen molar-refractivity contribution in [3.8, 4) is 34.3 Å². The van der Waals surface area contributed by atoms with Gasteiger partial charge in [-0.25, -0.2) is 14.6 Å². The van der Waals surface area contributed by atoms with E-state index in [-0.39, 0.29) is 46.2 Å². The van der Waals surface area contributed by atoms with Gasteiger partial charge in [0.15, 0.2) is 11.6 Å². The molecule has 294 valence electrons. The lowest BCUT2D eigenvalue weighted by Gasteiger charge is -2.21. The largest absolute Gasteiger partial charge is 0.422 e. The molecule has 5 aromatic carbocycles. The fourth-order valence-electron chi connectivity index (χ4n) is 7.18. The molecule has 2 aliphatic rings. The third-order valence-corrected chi connectivity index (χ3v) is 10.5. The van der Waals surface area contributed by atoms with Crippen LogP contribution in [0.25, 0.3) is 22.8 Å². The number of hydrogen-bond donors (Lipinski definition) is 1. The monoisotopic (exact) mass is 784 g/mol. The van der Waals surface area contributed by atoms with Crippen LogP contribution >= 0.6 is 0 Å². The van der Waals surface area contributed by atoms with Gasteiger partial charge in [0.25, 0.3) is 11.8 Å². The molecular formula is C47H40N6O6. The van der Waals surface area contributed by atoms with Crippen LogP contribution in [0.1, 0.15) is 98.5 Å². The summed E-state index contributed by atoms with van der Waals surface area (Å²) in [6, 6.07) is 35.5. The van der Waals surface area contributed by atoms with Crippen LogP contribution in [-0.4, -0.2) is 61.8 Å². The fourth-order valence-corrected chi connectivity index (χ4v) is 7.18. The van der Waals surface area contributed by atoms with Gasteiger partial charge in [0.2, 0.25) is 0 Å². The van der Waals surface area contributed by atoms with E-state index >= 15 is 0 Å². The first-order valence-electron chi connectivity index (χ1n) is 19.7. The van der Waals surface area contributed by atoms with Crippen LogP contribution in [0.15, 0.2) is 132 Å². The number of aromatic nitrogens is 3. The van der Waals surface area contributed by atoms with E-state index < -0.39 is 23.8 Å². The Hall–Kier alpha value is -7.34. The molecule has 3 heterocycles. The van der Waals surface area contributed by atoms with Gasteiger partial charge in [-0.15, -0.1) is 0 Å².